The topological polar surface area (TPSA) is 114 Å². The predicted octanol–water partition coefficient (Wildman–Crippen LogP) is 4.50. The van der Waals surface area contributed by atoms with Crippen molar-refractivity contribution in [1.29, 1.82) is 0 Å². The Morgan fingerprint density at radius 3 is 2.47 bits per heavy atom. The molecule has 0 bridgehead atoms. The number of esters is 1. The van der Waals surface area contributed by atoms with Gasteiger partial charge in [0.2, 0.25) is 0 Å². The van der Waals surface area contributed by atoms with Crippen LogP contribution in [0.1, 0.15) is 42.5 Å². The van der Waals surface area contributed by atoms with Gasteiger partial charge >= 0.3 is 5.97 Å². The Hall–Kier alpha value is -4.66. The van der Waals surface area contributed by atoms with E-state index in [1.165, 1.54) is 19.1 Å². The fourth-order valence-electron chi connectivity index (χ4n) is 3.97. The van der Waals surface area contributed by atoms with Gasteiger partial charge in [0.15, 0.2) is 0 Å². The molecule has 0 aliphatic carbocycles. The summed E-state index contributed by atoms with van der Waals surface area (Å²) in [6.45, 7) is 3.67. The molecule has 36 heavy (non-hydrogen) atoms. The van der Waals surface area contributed by atoms with Crippen LogP contribution in [0.5, 0.6) is 5.75 Å². The molecule has 0 spiro atoms. The monoisotopic (exact) mass is 486 g/mol. The molecule has 3 aromatic carbocycles. The Balaban J connectivity index is 1.61. The Kier molecular flexibility index (Phi) is 6.73. The number of hydrogen-bond donors (Lipinski definition) is 2. The van der Waals surface area contributed by atoms with Crippen LogP contribution >= 0.6 is 0 Å². The fourth-order valence-corrected chi connectivity index (χ4v) is 3.97. The van der Waals surface area contributed by atoms with Crippen LogP contribution in [0.3, 0.4) is 0 Å². The van der Waals surface area contributed by atoms with E-state index >= 15 is 0 Å². The lowest BCUT2D eigenvalue weighted by Crippen LogP contribution is -2.28. The Morgan fingerprint density at radius 2 is 1.75 bits per heavy atom. The summed E-state index contributed by atoms with van der Waals surface area (Å²) >= 11 is 0. The van der Waals surface area contributed by atoms with Gasteiger partial charge in [-0.05, 0) is 56.3 Å². The molecule has 2 N–H and O–H groups in total. The molecular weight excluding hydrogens is 460 g/mol. The highest BCUT2D eigenvalue weighted by Crippen LogP contribution is 2.29. The molecule has 0 unspecified atom stereocenters. The third-order valence-electron chi connectivity index (χ3n) is 5.80. The molecule has 184 valence electrons. The molecule has 0 saturated carbocycles. The van der Waals surface area contributed by atoms with Crippen molar-refractivity contribution in [3.05, 3.63) is 82.7 Å². The van der Waals surface area contributed by atoms with E-state index in [9.17, 15) is 14.4 Å². The lowest BCUT2D eigenvalue weighted by Gasteiger charge is -2.21. The maximum atomic E-state index is 13.3. The molecule has 2 amide bonds. The Labute approximate surface area is 208 Å². The van der Waals surface area contributed by atoms with Gasteiger partial charge < -0.3 is 24.7 Å². The second kappa shape index (κ2) is 9.91. The molecule has 0 atom stereocenters. The average molecular weight is 487 g/mol. The van der Waals surface area contributed by atoms with Gasteiger partial charge in [-0.2, -0.15) is 0 Å². The second-order valence-electron chi connectivity index (χ2n) is 8.27. The van der Waals surface area contributed by atoms with E-state index < -0.39 is 5.97 Å². The van der Waals surface area contributed by atoms with Gasteiger partial charge in [-0.1, -0.05) is 17.7 Å². The first kappa shape index (κ1) is 24.5. The number of anilines is 2. The molecule has 0 aliphatic rings. The summed E-state index contributed by atoms with van der Waals surface area (Å²) in [5, 5.41) is 2.84. The zero-order valence-electron chi connectivity index (χ0n) is 20.6. The number of benzene rings is 3. The van der Waals surface area contributed by atoms with Gasteiger partial charge in [0.1, 0.15) is 17.1 Å². The van der Waals surface area contributed by atoms with Crippen LogP contribution in [0.2, 0.25) is 0 Å². The highest BCUT2D eigenvalue weighted by atomic mass is 16.5. The molecule has 9 nitrogen and oxygen atoms in total. The summed E-state index contributed by atoms with van der Waals surface area (Å²) in [6.07, 6.45) is 0. The number of amides is 2. The van der Waals surface area contributed by atoms with Gasteiger partial charge in [0, 0.05) is 12.6 Å². The van der Waals surface area contributed by atoms with E-state index in [1.807, 2.05) is 26.0 Å². The van der Waals surface area contributed by atoms with E-state index in [1.54, 1.807) is 49.5 Å². The molecule has 0 fully saturated rings. The van der Waals surface area contributed by atoms with Crippen molar-refractivity contribution >= 4 is 40.2 Å². The summed E-state index contributed by atoms with van der Waals surface area (Å²) in [5.74, 6) is -0.240. The quantitative estimate of drug-likeness (QED) is 0.388. The number of nitrogens with zero attached hydrogens (tertiary/aromatic N) is 2. The fraction of sp³-hybridized carbons (Fsp3) is 0.185. The average Bonchev–Trinajstić information content (AvgIpc) is 3.27. The van der Waals surface area contributed by atoms with E-state index in [2.05, 4.69) is 15.3 Å². The number of rotatable bonds is 6. The normalized spacial score (nSPS) is 10.7. The smallest absolute Gasteiger partial charge is 0.339 e. The maximum Gasteiger partial charge on any atom is 0.339 e. The number of imidazole rings is 1. The van der Waals surface area contributed by atoms with Gasteiger partial charge in [0.05, 0.1) is 42.2 Å². The number of H-pyrrole nitrogens is 1. The van der Waals surface area contributed by atoms with Crippen LogP contribution in [-0.4, -0.2) is 49.0 Å². The third kappa shape index (κ3) is 4.63. The van der Waals surface area contributed by atoms with Gasteiger partial charge in [0.25, 0.3) is 11.8 Å². The highest BCUT2D eigenvalue weighted by molar-refractivity contribution is 6.13. The SMILES string of the molecule is COC(=O)c1cc(C)ccc1N(C)C(=O)c1ccc(NC(=O)c2cccc3[nH]c(C)nc23)c(OC)c1. The molecule has 1 aromatic heterocycles. The number of hydrogen-bond acceptors (Lipinski definition) is 6. The summed E-state index contributed by atoms with van der Waals surface area (Å²) in [6, 6.07) is 15.2. The standard InChI is InChI=1S/C27H26N4O5/c1-15-9-12-22(19(13-15)27(34)36-5)31(3)26(33)17-10-11-20(23(14-17)35-4)30-25(32)18-7-6-8-21-24(18)29-16(2)28-21/h6-14H,1-5H3,(H,28,29)(H,30,32). The van der Waals surface area contributed by atoms with E-state index in [0.717, 1.165) is 11.1 Å². The first-order valence-electron chi connectivity index (χ1n) is 11.1. The Bertz CT molecular complexity index is 1490. The number of aryl methyl sites for hydroxylation is 2. The molecular formula is C27H26N4O5. The van der Waals surface area contributed by atoms with Crippen LogP contribution in [-0.2, 0) is 4.74 Å². The lowest BCUT2D eigenvalue weighted by molar-refractivity contribution is 0.0601. The molecule has 0 radical (unpaired) electrons. The largest absolute Gasteiger partial charge is 0.495 e. The summed E-state index contributed by atoms with van der Waals surface area (Å²) in [7, 11) is 4.33. The molecule has 9 heteroatoms. The number of para-hydroxylation sites is 1. The number of fused-ring (bicyclic) bond motifs is 1. The van der Waals surface area contributed by atoms with E-state index in [0.29, 0.717) is 39.6 Å². The minimum absolute atomic E-state index is 0.284. The number of carbonyl (C=O) groups is 3. The third-order valence-corrected chi connectivity index (χ3v) is 5.80. The lowest BCUT2D eigenvalue weighted by atomic mass is 10.1. The summed E-state index contributed by atoms with van der Waals surface area (Å²) in [4.78, 5) is 47.5. The molecule has 4 rings (SSSR count). The first-order chi connectivity index (χ1) is 17.2. The summed E-state index contributed by atoms with van der Waals surface area (Å²) in [5.41, 5.74) is 4.02. The maximum absolute atomic E-state index is 13.3. The molecule has 1 heterocycles. The van der Waals surface area contributed by atoms with Crippen LogP contribution in [0.15, 0.2) is 54.6 Å². The van der Waals surface area contributed by atoms with Crippen LogP contribution in [0.25, 0.3) is 11.0 Å². The van der Waals surface area contributed by atoms with Crippen LogP contribution in [0, 0.1) is 13.8 Å². The first-order valence-corrected chi connectivity index (χ1v) is 11.1. The van der Waals surface area contributed by atoms with E-state index in [-0.39, 0.29) is 17.4 Å². The van der Waals surface area contributed by atoms with Crippen molar-refractivity contribution in [2.45, 2.75) is 13.8 Å². The van der Waals surface area contributed by atoms with Crippen molar-refractivity contribution in [3.63, 3.8) is 0 Å². The minimum atomic E-state index is -0.536. The Morgan fingerprint density at radius 1 is 0.972 bits per heavy atom. The summed E-state index contributed by atoms with van der Waals surface area (Å²) < 4.78 is 10.3. The van der Waals surface area contributed by atoms with Crippen molar-refractivity contribution in [1.82, 2.24) is 9.97 Å². The van der Waals surface area contributed by atoms with Crippen LogP contribution in [0.4, 0.5) is 11.4 Å². The zero-order chi connectivity index (χ0) is 26.0. The number of nitrogens with one attached hydrogen (secondary N) is 2. The minimum Gasteiger partial charge on any atom is -0.495 e. The van der Waals surface area contributed by atoms with Crippen molar-refractivity contribution in [2.75, 3.05) is 31.5 Å². The van der Waals surface area contributed by atoms with Crippen molar-refractivity contribution in [2.24, 2.45) is 0 Å². The van der Waals surface area contributed by atoms with Gasteiger partial charge in [-0.25, -0.2) is 9.78 Å². The van der Waals surface area contributed by atoms with Gasteiger partial charge in [-0.15, -0.1) is 0 Å². The second-order valence-corrected chi connectivity index (χ2v) is 8.27. The number of ether oxygens (including phenoxy) is 2. The zero-order valence-corrected chi connectivity index (χ0v) is 20.6. The molecule has 0 saturated heterocycles. The van der Waals surface area contributed by atoms with Crippen LogP contribution < -0.4 is 15.0 Å². The van der Waals surface area contributed by atoms with Crippen molar-refractivity contribution in [3.8, 4) is 5.75 Å². The number of aromatic nitrogens is 2. The number of carbonyl (C=O) groups excluding carboxylic acids is 3. The highest BCUT2D eigenvalue weighted by Gasteiger charge is 2.22. The molecule has 4 aromatic rings. The van der Waals surface area contributed by atoms with Crippen molar-refractivity contribution < 1.29 is 23.9 Å². The van der Waals surface area contributed by atoms with Gasteiger partial charge in [-0.3, -0.25) is 9.59 Å². The predicted molar refractivity (Wildman–Crippen MR) is 137 cm³/mol. The molecule has 0 aliphatic heterocycles. The van der Waals surface area contributed by atoms with E-state index in [4.69, 9.17) is 9.47 Å². The number of methoxy groups -OCH3 is 2. The number of aromatic amines is 1.